The molecule has 1 aromatic rings. The van der Waals surface area contributed by atoms with Crippen LogP contribution in [0.5, 0.6) is 0 Å². The van der Waals surface area contributed by atoms with E-state index in [0.717, 1.165) is 6.07 Å². The summed E-state index contributed by atoms with van der Waals surface area (Å²) in [6.07, 6.45) is 0. The Balaban J connectivity index is 2.73. The summed E-state index contributed by atoms with van der Waals surface area (Å²) in [5, 5.41) is 24.2. The number of aliphatic hydroxyl groups is 1. The highest BCUT2D eigenvalue weighted by molar-refractivity contribution is 6.39. The van der Waals surface area contributed by atoms with Crippen LogP contribution in [0.1, 0.15) is 13.8 Å². The lowest BCUT2D eigenvalue weighted by Crippen LogP contribution is -2.50. The Morgan fingerprint density at radius 3 is 2.55 bits per heavy atom. The first-order valence-corrected chi connectivity index (χ1v) is 5.74. The zero-order chi connectivity index (χ0) is 15.3. The Morgan fingerprint density at radius 1 is 1.35 bits per heavy atom. The Morgan fingerprint density at radius 2 is 2.00 bits per heavy atom. The summed E-state index contributed by atoms with van der Waals surface area (Å²) in [7, 11) is 0. The summed E-state index contributed by atoms with van der Waals surface area (Å²) >= 11 is 0. The minimum absolute atomic E-state index is 0.140. The van der Waals surface area contributed by atoms with Crippen LogP contribution >= 0.6 is 0 Å². The number of amides is 2. The van der Waals surface area contributed by atoms with Crippen LogP contribution in [0.15, 0.2) is 24.3 Å². The molecule has 0 fully saturated rings. The number of hydrogen-bond donors (Lipinski definition) is 3. The molecular weight excluding hydrogens is 266 g/mol. The average molecular weight is 281 g/mol. The Bertz CT molecular complexity index is 542. The van der Waals surface area contributed by atoms with Gasteiger partial charge in [-0.15, -0.1) is 0 Å². The summed E-state index contributed by atoms with van der Waals surface area (Å²) in [4.78, 5) is 33.2. The van der Waals surface area contributed by atoms with E-state index in [-0.39, 0.29) is 18.0 Å². The van der Waals surface area contributed by atoms with Crippen molar-refractivity contribution in [1.29, 1.82) is 0 Å². The van der Waals surface area contributed by atoms with E-state index in [1.165, 1.54) is 18.2 Å². The van der Waals surface area contributed by atoms with Crippen LogP contribution in [-0.4, -0.2) is 34.0 Å². The smallest absolute Gasteiger partial charge is 0.313 e. The summed E-state index contributed by atoms with van der Waals surface area (Å²) in [5.41, 5.74) is -0.989. The molecule has 0 heterocycles. The van der Waals surface area contributed by atoms with Crippen molar-refractivity contribution in [3.8, 4) is 0 Å². The Kier molecular flexibility index (Phi) is 4.76. The minimum Gasteiger partial charge on any atom is -0.394 e. The molecule has 8 nitrogen and oxygen atoms in total. The highest BCUT2D eigenvalue weighted by Crippen LogP contribution is 2.16. The number of hydrogen-bond acceptors (Lipinski definition) is 5. The molecule has 0 atom stereocenters. The molecule has 1 rings (SSSR count). The van der Waals surface area contributed by atoms with E-state index in [2.05, 4.69) is 10.6 Å². The number of nitro benzene ring substituents is 1. The van der Waals surface area contributed by atoms with Crippen molar-refractivity contribution in [1.82, 2.24) is 5.32 Å². The third kappa shape index (κ3) is 4.32. The van der Waals surface area contributed by atoms with Gasteiger partial charge in [0.05, 0.1) is 17.1 Å². The number of nitrogens with one attached hydrogen (secondary N) is 2. The number of non-ortho nitro benzene ring substituents is 1. The van der Waals surface area contributed by atoms with Crippen LogP contribution in [0.2, 0.25) is 0 Å². The van der Waals surface area contributed by atoms with Gasteiger partial charge in [-0.1, -0.05) is 6.07 Å². The van der Waals surface area contributed by atoms with Crippen molar-refractivity contribution < 1.29 is 19.6 Å². The number of benzene rings is 1. The maximum Gasteiger partial charge on any atom is 0.313 e. The third-order valence-corrected chi connectivity index (χ3v) is 2.37. The standard InChI is InChI=1S/C12H15N3O5/c1-12(2,7-16)14-11(18)10(17)13-8-4-3-5-9(6-8)15(19)20/h3-6,16H,7H2,1-2H3,(H,13,17)(H,14,18). The fourth-order valence-electron chi connectivity index (χ4n) is 1.29. The topological polar surface area (TPSA) is 122 Å². The second-order valence-corrected chi connectivity index (χ2v) is 4.76. The van der Waals surface area contributed by atoms with E-state index in [0.29, 0.717) is 0 Å². The summed E-state index contributed by atoms with van der Waals surface area (Å²) in [5.74, 6) is -1.90. The number of rotatable bonds is 4. The second kappa shape index (κ2) is 6.11. The zero-order valence-corrected chi connectivity index (χ0v) is 11.0. The fraction of sp³-hybridized carbons (Fsp3) is 0.333. The molecule has 0 aliphatic heterocycles. The Hall–Kier alpha value is -2.48. The maximum absolute atomic E-state index is 11.6. The van der Waals surface area contributed by atoms with Crippen LogP contribution < -0.4 is 10.6 Å². The molecule has 0 aliphatic carbocycles. The third-order valence-electron chi connectivity index (χ3n) is 2.37. The molecular formula is C12H15N3O5. The van der Waals surface area contributed by atoms with Gasteiger partial charge in [-0.2, -0.15) is 0 Å². The first-order valence-electron chi connectivity index (χ1n) is 5.74. The van der Waals surface area contributed by atoms with Gasteiger partial charge < -0.3 is 15.7 Å². The highest BCUT2D eigenvalue weighted by Gasteiger charge is 2.23. The average Bonchev–Trinajstić information content (AvgIpc) is 2.38. The molecule has 0 unspecified atom stereocenters. The molecule has 108 valence electrons. The maximum atomic E-state index is 11.6. The van der Waals surface area contributed by atoms with E-state index in [1.54, 1.807) is 13.8 Å². The van der Waals surface area contributed by atoms with Gasteiger partial charge in [0.2, 0.25) is 0 Å². The lowest BCUT2D eigenvalue weighted by atomic mass is 10.1. The number of carbonyl (C=O) groups excluding carboxylic acids is 2. The number of anilines is 1. The monoisotopic (exact) mass is 281 g/mol. The summed E-state index contributed by atoms with van der Waals surface area (Å²) in [6.45, 7) is 2.76. The van der Waals surface area contributed by atoms with Crippen molar-refractivity contribution in [3.63, 3.8) is 0 Å². The minimum atomic E-state index is -0.966. The van der Waals surface area contributed by atoms with E-state index in [1.807, 2.05) is 0 Å². The van der Waals surface area contributed by atoms with Gasteiger partial charge in [0.1, 0.15) is 0 Å². The second-order valence-electron chi connectivity index (χ2n) is 4.76. The van der Waals surface area contributed by atoms with Crippen LogP contribution in [0.25, 0.3) is 0 Å². The van der Waals surface area contributed by atoms with Crippen LogP contribution in [0.3, 0.4) is 0 Å². The number of nitrogens with zero attached hydrogens (tertiary/aromatic N) is 1. The molecule has 0 radical (unpaired) electrons. The normalized spacial score (nSPS) is 10.8. The van der Waals surface area contributed by atoms with Gasteiger partial charge in [-0.25, -0.2) is 0 Å². The van der Waals surface area contributed by atoms with Gasteiger partial charge in [-0.3, -0.25) is 19.7 Å². The molecule has 0 aliphatic rings. The van der Waals surface area contributed by atoms with Crippen LogP contribution in [0, 0.1) is 10.1 Å². The predicted molar refractivity (Wildman–Crippen MR) is 71.0 cm³/mol. The lowest BCUT2D eigenvalue weighted by Gasteiger charge is -2.22. The summed E-state index contributed by atoms with van der Waals surface area (Å²) < 4.78 is 0. The van der Waals surface area contributed by atoms with Gasteiger partial charge in [-0.05, 0) is 19.9 Å². The van der Waals surface area contributed by atoms with Crippen molar-refractivity contribution in [2.45, 2.75) is 19.4 Å². The fourth-order valence-corrected chi connectivity index (χ4v) is 1.29. The van der Waals surface area contributed by atoms with Gasteiger partial charge in [0, 0.05) is 17.8 Å². The number of aliphatic hydroxyl groups excluding tert-OH is 1. The number of carbonyl (C=O) groups is 2. The van der Waals surface area contributed by atoms with Crippen LogP contribution in [-0.2, 0) is 9.59 Å². The molecule has 3 N–H and O–H groups in total. The lowest BCUT2D eigenvalue weighted by molar-refractivity contribution is -0.384. The van der Waals surface area contributed by atoms with Gasteiger partial charge >= 0.3 is 11.8 Å². The van der Waals surface area contributed by atoms with Gasteiger partial charge in [0.15, 0.2) is 0 Å². The van der Waals surface area contributed by atoms with Gasteiger partial charge in [0.25, 0.3) is 5.69 Å². The van der Waals surface area contributed by atoms with E-state index in [9.17, 15) is 19.7 Å². The molecule has 0 bridgehead atoms. The zero-order valence-electron chi connectivity index (χ0n) is 11.0. The molecule has 0 saturated carbocycles. The van der Waals surface area contributed by atoms with Crippen LogP contribution in [0.4, 0.5) is 11.4 Å². The quantitative estimate of drug-likeness (QED) is 0.419. The SMILES string of the molecule is CC(C)(CO)NC(=O)C(=O)Nc1cccc([N+](=O)[O-])c1. The first kappa shape index (κ1) is 15.6. The Labute approximate surface area is 114 Å². The molecule has 8 heteroatoms. The molecule has 0 aromatic heterocycles. The van der Waals surface area contributed by atoms with E-state index < -0.39 is 22.3 Å². The number of nitro groups is 1. The van der Waals surface area contributed by atoms with E-state index >= 15 is 0 Å². The van der Waals surface area contributed by atoms with Crippen molar-refractivity contribution >= 4 is 23.2 Å². The molecule has 2 amide bonds. The molecule has 0 spiro atoms. The summed E-state index contributed by atoms with van der Waals surface area (Å²) in [6, 6.07) is 5.23. The highest BCUT2D eigenvalue weighted by atomic mass is 16.6. The van der Waals surface area contributed by atoms with E-state index in [4.69, 9.17) is 5.11 Å². The first-order chi connectivity index (χ1) is 9.25. The molecule has 20 heavy (non-hydrogen) atoms. The molecule has 1 aromatic carbocycles. The largest absolute Gasteiger partial charge is 0.394 e. The molecule has 0 saturated heterocycles. The van der Waals surface area contributed by atoms with Crippen molar-refractivity contribution in [3.05, 3.63) is 34.4 Å². The van der Waals surface area contributed by atoms with Crippen molar-refractivity contribution in [2.24, 2.45) is 0 Å². The predicted octanol–water partition coefficient (Wildman–Crippen LogP) is 0.420. The van der Waals surface area contributed by atoms with Crippen molar-refractivity contribution in [2.75, 3.05) is 11.9 Å².